The largest absolute Gasteiger partial charge is 0.299 e. The van der Waals surface area contributed by atoms with Gasteiger partial charge in [0.1, 0.15) is 5.65 Å². The van der Waals surface area contributed by atoms with E-state index in [0.717, 1.165) is 11.2 Å². The monoisotopic (exact) mass is 288 g/mol. The van der Waals surface area contributed by atoms with Gasteiger partial charge in [0.2, 0.25) is 0 Å². The Labute approximate surface area is 130 Å². The van der Waals surface area contributed by atoms with E-state index in [9.17, 15) is 0 Å². The van der Waals surface area contributed by atoms with Crippen LogP contribution in [0.1, 0.15) is 31.9 Å². The molecule has 0 saturated heterocycles. The molecule has 0 radical (unpaired) electrons. The number of hydrogen-bond acceptors (Lipinski definition) is 1. The van der Waals surface area contributed by atoms with Gasteiger partial charge >= 0.3 is 0 Å². The first-order chi connectivity index (χ1) is 10.4. The lowest BCUT2D eigenvalue weighted by Crippen LogP contribution is -2.10. The molecule has 22 heavy (non-hydrogen) atoms. The minimum Gasteiger partial charge on any atom is -0.299 e. The van der Waals surface area contributed by atoms with Gasteiger partial charge in [-0.2, -0.15) is 0 Å². The van der Waals surface area contributed by atoms with E-state index in [4.69, 9.17) is 4.98 Å². The Bertz CT molecular complexity index is 1020. The zero-order chi connectivity index (χ0) is 15.5. The molecule has 0 amide bonds. The number of hydrogen-bond donors (Lipinski definition) is 0. The van der Waals surface area contributed by atoms with Crippen LogP contribution in [0.2, 0.25) is 0 Å². The molecule has 4 rings (SSSR count). The Morgan fingerprint density at radius 1 is 1.00 bits per heavy atom. The minimum atomic E-state index is 0.144. The summed E-state index contributed by atoms with van der Waals surface area (Å²) in [5.41, 5.74) is 6.06. The fourth-order valence-corrected chi connectivity index (χ4v) is 3.18. The maximum Gasteiger partial charge on any atom is 0.146 e. The minimum absolute atomic E-state index is 0.144. The van der Waals surface area contributed by atoms with Gasteiger partial charge in [-0.05, 0) is 47.1 Å². The Hall–Kier alpha value is -2.35. The normalized spacial score (nSPS) is 12.5. The molecule has 0 aliphatic carbocycles. The third-order valence-corrected chi connectivity index (χ3v) is 4.49. The molecule has 0 bridgehead atoms. The van der Waals surface area contributed by atoms with E-state index in [0.29, 0.717) is 0 Å². The van der Waals surface area contributed by atoms with Gasteiger partial charge in [-0.25, -0.2) is 4.98 Å². The second-order valence-corrected chi connectivity index (χ2v) is 7.11. The molecule has 0 spiro atoms. The van der Waals surface area contributed by atoms with Gasteiger partial charge in [0.15, 0.2) is 0 Å². The summed E-state index contributed by atoms with van der Waals surface area (Å²) in [5.74, 6) is 0. The third-order valence-electron chi connectivity index (χ3n) is 4.49. The summed E-state index contributed by atoms with van der Waals surface area (Å²) in [7, 11) is 0. The lowest BCUT2D eigenvalue weighted by molar-refractivity contribution is 0.591. The lowest BCUT2D eigenvalue weighted by Gasteiger charge is -2.18. The molecular formula is C20H20N2. The zero-order valence-corrected chi connectivity index (χ0v) is 13.5. The van der Waals surface area contributed by atoms with E-state index < -0.39 is 0 Å². The Kier molecular flexibility index (Phi) is 2.62. The molecule has 2 heteroatoms. The van der Waals surface area contributed by atoms with Crippen molar-refractivity contribution in [1.82, 2.24) is 9.38 Å². The van der Waals surface area contributed by atoms with Crippen LogP contribution in [0.15, 0.2) is 48.7 Å². The van der Waals surface area contributed by atoms with Crippen LogP contribution >= 0.6 is 0 Å². The number of rotatable bonds is 0. The van der Waals surface area contributed by atoms with Crippen molar-refractivity contribution in [1.29, 1.82) is 0 Å². The van der Waals surface area contributed by atoms with Crippen LogP contribution in [0, 0.1) is 6.92 Å². The molecule has 0 atom stereocenters. The summed E-state index contributed by atoms with van der Waals surface area (Å²) in [6.45, 7) is 8.90. The Morgan fingerprint density at radius 2 is 1.82 bits per heavy atom. The fraction of sp³-hybridized carbons (Fsp3) is 0.250. The van der Waals surface area contributed by atoms with E-state index in [1.165, 1.54) is 27.4 Å². The van der Waals surface area contributed by atoms with Crippen LogP contribution in [0.25, 0.3) is 27.5 Å². The molecule has 4 aromatic rings. The summed E-state index contributed by atoms with van der Waals surface area (Å²) in [5, 5.41) is 2.50. The van der Waals surface area contributed by atoms with Crippen LogP contribution in [-0.2, 0) is 5.41 Å². The van der Waals surface area contributed by atoms with Crippen molar-refractivity contribution in [2.45, 2.75) is 33.1 Å². The highest BCUT2D eigenvalue weighted by molar-refractivity contribution is 6.00. The molecular weight excluding hydrogens is 268 g/mol. The highest BCUT2D eigenvalue weighted by Crippen LogP contribution is 2.30. The highest BCUT2D eigenvalue weighted by Gasteiger charge is 2.16. The summed E-state index contributed by atoms with van der Waals surface area (Å²) in [4.78, 5) is 4.89. The van der Waals surface area contributed by atoms with Crippen molar-refractivity contribution in [3.63, 3.8) is 0 Å². The van der Waals surface area contributed by atoms with Gasteiger partial charge in [0.25, 0.3) is 0 Å². The zero-order valence-electron chi connectivity index (χ0n) is 13.5. The molecule has 0 aliphatic rings. The summed E-state index contributed by atoms with van der Waals surface area (Å²) in [6.07, 6.45) is 2.14. The quantitative estimate of drug-likeness (QED) is 0.432. The average Bonchev–Trinajstić information content (AvgIpc) is 2.84. The Morgan fingerprint density at radius 3 is 2.59 bits per heavy atom. The molecule has 0 fully saturated rings. The second-order valence-electron chi connectivity index (χ2n) is 7.11. The van der Waals surface area contributed by atoms with E-state index >= 15 is 0 Å². The van der Waals surface area contributed by atoms with Crippen molar-refractivity contribution < 1.29 is 0 Å². The van der Waals surface area contributed by atoms with Gasteiger partial charge in [0, 0.05) is 11.6 Å². The molecule has 0 unspecified atom stereocenters. The topological polar surface area (TPSA) is 17.3 Å². The molecule has 2 aromatic heterocycles. The molecule has 0 aliphatic heterocycles. The number of fused-ring (bicyclic) bond motifs is 5. The molecule has 2 heterocycles. The number of imidazole rings is 1. The molecule has 2 nitrogen and oxygen atoms in total. The Balaban J connectivity index is 2.16. The van der Waals surface area contributed by atoms with Crippen molar-refractivity contribution in [3.8, 4) is 0 Å². The standard InChI is InChI=1S/C20H20N2/c1-13-6-5-7-14-10-11-22-17-12-15(20(2,3)4)8-9-16(17)21-19(22)18(13)14/h5-12H,1-4H3. The third kappa shape index (κ3) is 1.83. The van der Waals surface area contributed by atoms with Crippen molar-refractivity contribution in [2.75, 3.05) is 0 Å². The van der Waals surface area contributed by atoms with Gasteiger partial charge in [-0.15, -0.1) is 0 Å². The maximum absolute atomic E-state index is 4.89. The number of aromatic nitrogens is 2. The molecule has 0 N–H and O–H groups in total. The lowest BCUT2D eigenvalue weighted by atomic mass is 9.87. The predicted molar refractivity (Wildman–Crippen MR) is 93.6 cm³/mol. The number of aryl methyl sites for hydroxylation is 1. The van der Waals surface area contributed by atoms with Crippen LogP contribution in [0.5, 0.6) is 0 Å². The molecule has 2 aromatic carbocycles. The summed E-state index contributed by atoms with van der Waals surface area (Å²) >= 11 is 0. The van der Waals surface area contributed by atoms with E-state index in [1.807, 2.05) is 0 Å². The van der Waals surface area contributed by atoms with Crippen molar-refractivity contribution in [2.24, 2.45) is 0 Å². The second kappa shape index (κ2) is 4.33. The molecule has 110 valence electrons. The van der Waals surface area contributed by atoms with Gasteiger partial charge < -0.3 is 0 Å². The van der Waals surface area contributed by atoms with Gasteiger partial charge in [-0.1, -0.05) is 45.0 Å². The first-order valence-electron chi connectivity index (χ1n) is 7.76. The summed E-state index contributed by atoms with van der Waals surface area (Å²) < 4.78 is 2.22. The first-order valence-corrected chi connectivity index (χ1v) is 7.76. The van der Waals surface area contributed by atoms with Gasteiger partial charge in [0.05, 0.1) is 11.0 Å². The maximum atomic E-state index is 4.89. The van der Waals surface area contributed by atoms with E-state index in [1.54, 1.807) is 0 Å². The SMILES string of the molecule is Cc1cccc2ccn3c4cc(C(C)(C)C)ccc4nc3c12. The predicted octanol–water partition coefficient (Wildman–Crippen LogP) is 5.25. The molecule has 0 saturated carbocycles. The first kappa shape index (κ1) is 13.3. The highest BCUT2D eigenvalue weighted by atomic mass is 15.0. The number of benzene rings is 2. The van der Waals surface area contributed by atoms with Crippen molar-refractivity contribution in [3.05, 3.63) is 59.8 Å². The van der Waals surface area contributed by atoms with E-state index in [2.05, 4.69) is 80.8 Å². The van der Waals surface area contributed by atoms with Crippen LogP contribution in [-0.4, -0.2) is 9.38 Å². The van der Waals surface area contributed by atoms with Crippen LogP contribution in [0.3, 0.4) is 0 Å². The van der Waals surface area contributed by atoms with Gasteiger partial charge in [-0.3, -0.25) is 4.40 Å². The van der Waals surface area contributed by atoms with Crippen molar-refractivity contribution >= 4 is 27.5 Å². The fourth-order valence-electron chi connectivity index (χ4n) is 3.18. The van der Waals surface area contributed by atoms with Crippen LogP contribution < -0.4 is 0 Å². The summed E-state index contributed by atoms with van der Waals surface area (Å²) in [6, 6.07) is 15.2. The average molecular weight is 288 g/mol. The van der Waals surface area contributed by atoms with Crippen LogP contribution in [0.4, 0.5) is 0 Å². The number of pyridine rings is 1. The number of nitrogens with zero attached hydrogens (tertiary/aromatic N) is 2. The van der Waals surface area contributed by atoms with E-state index in [-0.39, 0.29) is 5.41 Å². The smallest absolute Gasteiger partial charge is 0.146 e.